The van der Waals surface area contributed by atoms with E-state index in [1.165, 1.54) is 18.7 Å². The Kier molecular flexibility index (Phi) is 8.57. The number of ether oxygens (including phenoxy) is 3. The number of fused-ring (bicyclic) bond motifs is 1. The van der Waals surface area contributed by atoms with E-state index in [1.54, 1.807) is 49.3 Å². The molecule has 182 valence electrons. The van der Waals surface area contributed by atoms with E-state index in [-0.39, 0.29) is 12.5 Å². The molecule has 2 aromatic rings. The Hall–Kier alpha value is -3.04. The summed E-state index contributed by atoms with van der Waals surface area (Å²) in [5, 5.41) is -0.525. The maximum Gasteiger partial charge on any atom is 0.338 e. The number of hydrogen-bond acceptors (Lipinski definition) is 8. The van der Waals surface area contributed by atoms with Crippen molar-refractivity contribution in [3.8, 4) is 5.75 Å². The molecule has 0 radical (unpaired) electrons. The van der Waals surface area contributed by atoms with Gasteiger partial charge in [0.05, 0.1) is 30.2 Å². The first-order valence-corrected chi connectivity index (χ1v) is 11.9. The highest BCUT2D eigenvalue weighted by atomic mass is 32.2. The van der Waals surface area contributed by atoms with Crippen LogP contribution in [0.3, 0.4) is 0 Å². The number of likely N-dealkylation sites (N-methyl/N-ethyl adjacent to an activating group) is 1. The predicted octanol–water partition coefficient (Wildman–Crippen LogP) is 3.55. The fourth-order valence-electron chi connectivity index (χ4n) is 3.63. The second kappa shape index (κ2) is 11.4. The summed E-state index contributed by atoms with van der Waals surface area (Å²) in [4.78, 5) is 42.5. The largest absolute Gasteiger partial charge is 0.497 e. The van der Waals surface area contributed by atoms with Gasteiger partial charge in [-0.05, 0) is 56.9 Å². The summed E-state index contributed by atoms with van der Waals surface area (Å²) in [5.74, 6) is -0.606. The zero-order valence-electron chi connectivity index (χ0n) is 20.1. The van der Waals surface area contributed by atoms with Crippen molar-refractivity contribution in [2.24, 2.45) is 0 Å². The van der Waals surface area contributed by atoms with Gasteiger partial charge >= 0.3 is 11.9 Å². The first-order valence-electron chi connectivity index (χ1n) is 11.0. The van der Waals surface area contributed by atoms with Crippen molar-refractivity contribution in [2.45, 2.75) is 30.1 Å². The van der Waals surface area contributed by atoms with Crippen molar-refractivity contribution in [2.75, 3.05) is 45.8 Å². The zero-order chi connectivity index (χ0) is 24.8. The molecule has 1 amide bonds. The van der Waals surface area contributed by atoms with Crippen LogP contribution in [0.4, 0.5) is 5.69 Å². The minimum absolute atomic E-state index is 0.263. The lowest BCUT2D eigenvalue weighted by Crippen LogP contribution is -2.45. The van der Waals surface area contributed by atoms with Crippen molar-refractivity contribution in [3.05, 3.63) is 53.6 Å². The van der Waals surface area contributed by atoms with Crippen molar-refractivity contribution < 1.29 is 28.6 Å². The average Bonchev–Trinajstić information content (AvgIpc) is 2.92. The van der Waals surface area contributed by atoms with Crippen LogP contribution in [0.1, 0.15) is 35.0 Å². The molecule has 9 heteroatoms. The molecule has 0 N–H and O–H groups in total. The van der Waals surface area contributed by atoms with E-state index in [4.69, 9.17) is 14.2 Å². The molecule has 2 aromatic carbocycles. The Morgan fingerprint density at radius 3 is 2.41 bits per heavy atom. The van der Waals surface area contributed by atoms with Gasteiger partial charge < -0.3 is 24.0 Å². The summed E-state index contributed by atoms with van der Waals surface area (Å²) in [6, 6.07) is 12.5. The SMILES string of the molecule is CCOC(=O)c1ccc2c(c1)SC(c1ccc(OC)cc1)C(OC(C)=O)C(=O)N2CCN(C)C. The highest BCUT2D eigenvalue weighted by Crippen LogP contribution is 2.47. The van der Waals surface area contributed by atoms with Crippen LogP contribution in [0.5, 0.6) is 5.75 Å². The summed E-state index contributed by atoms with van der Waals surface area (Å²) < 4.78 is 16.0. The molecule has 0 saturated carbocycles. The molecule has 1 aliphatic rings. The molecule has 8 nitrogen and oxygen atoms in total. The van der Waals surface area contributed by atoms with E-state index in [0.29, 0.717) is 30.1 Å². The molecule has 0 spiro atoms. The predicted molar refractivity (Wildman–Crippen MR) is 130 cm³/mol. The van der Waals surface area contributed by atoms with Crippen LogP contribution in [0.2, 0.25) is 0 Å². The maximum absolute atomic E-state index is 13.8. The monoisotopic (exact) mass is 486 g/mol. The molecular weight excluding hydrogens is 456 g/mol. The summed E-state index contributed by atoms with van der Waals surface area (Å²) in [6.07, 6.45) is -1.04. The van der Waals surface area contributed by atoms with E-state index in [2.05, 4.69) is 0 Å². The van der Waals surface area contributed by atoms with Gasteiger partial charge in [-0.2, -0.15) is 0 Å². The lowest BCUT2D eigenvalue weighted by atomic mass is 10.1. The molecule has 2 atom stereocenters. The van der Waals surface area contributed by atoms with Gasteiger partial charge in [0.1, 0.15) is 5.75 Å². The number of methoxy groups -OCH3 is 1. The number of carbonyl (C=O) groups excluding carboxylic acids is 3. The third-order valence-corrected chi connectivity index (χ3v) is 6.66. The maximum atomic E-state index is 13.8. The molecule has 2 unspecified atom stereocenters. The summed E-state index contributed by atoms with van der Waals surface area (Å²) in [6.45, 7) is 4.31. The summed E-state index contributed by atoms with van der Waals surface area (Å²) in [5.41, 5.74) is 1.86. The minimum Gasteiger partial charge on any atom is -0.497 e. The number of benzene rings is 2. The Morgan fingerprint density at radius 1 is 1.12 bits per heavy atom. The van der Waals surface area contributed by atoms with Gasteiger partial charge in [-0.25, -0.2) is 4.79 Å². The number of carbonyl (C=O) groups is 3. The first kappa shape index (κ1) is 25.6. The van der Waals surface area contributed by atoms with Crippen molar-refractivity contribution >= 4 is 35.3 Å². The molecule has 0 aliphatic carbocycles. The molecule has 34 heavy (non-hydrogen) atoms. The summed E-state index contributed by atoms with van der Waals surface area (Å²) in [7, 11) is 5.42. The van der Waals surface area contributed by atoms with Gasteiger partial charge in [0, 0.05) is 24.9 Å². The van der Waals surface area contributed by atoms with Crippen LogP contribution in [-0.4, -0.2) is 69.8 Å². The average molecular weight is 487 g/mol. The third kappa shape index (κ3) is 5.90. The Bertz CT molecular complexity index is 1040. The van der Waals surface area contributed by atoms with Gasteiger partial charge in [0.25, 0.3) is 5.91 Å². The van der Waals surface area contributed by atoms with Gasteiger partial charge in [-0.3, -0.25) is 9.59 Å². The number of hydrogen-bond donors (Lipinski definition) is 0. The van der Waals surface area contributed by atoms with E-state index in [9.17, 15) is 14.4 Å². The fourth-order valence-corrected chi connectivity index (χ4v) is 4.99. The number of nitrogens with zero attached hydrogens (tertiary/aromatic N) is 2. The van der Waals surface area contributed by atoms with Crippen LogP contribution in [0, 0.1) is 0 Å². The number of anilines is 1. The second-order valence-corrected chi connectivity index (χ2v) is 9.22. The number of rotatable bonds is 8. The Labute approximate surface area is 204 Å². The lowest BCUT2D eigenvalue weighted by molar-refractivity contribution is -0.152. The Morgan fingerprint density at radius 2 is 1.82 bits per heavy atom. The van der Waals surface area contributed by atoms with Crippen LogP contribution in [0.25, 0.3) is 0 Å². The third-order valence-electron chi connectivity index (χ3n) is 5.31. The van der Waals surface area contributed by atoms with E-state index < -0.39 is 23.3 Å². The molecule has 0 saturated heterocycles. The van der Waals surface area contributed by atoms with Gasteiger partial charge in [-0.1, -0.05) is 12.1 Å². The quantitative estimate of drug-likeness (QED) is 0.524. The van der Waals surface area contributed by atoms with Crippen molar-refractivity contribution in [3.63, 3.8) is 0 Å². The van der Waals surface area contributed by atoms with Crippen LogP contribution < -0.4 is 9.64 Å². The lowest BCUT2D eigenvalue weighted by Gasteiger charge is -2.28. The summed E-state index contributed by atoms with van der Waals surface area (Å²) >= 11 is 1.38. The normalized spacial score (nSPS) is 17.7. The zero-order valence-corrected chi connectivity index (χ0v) is 20.9. The fraction of sp³-hybridized carbons (Fsp3) is 0.400. The topological polar surface area (TPSA) is 85.4 Å². The molecule has 0 bridgehead atoms. The molecular formula is C25H30N2O6S. The highest BCUT2D eigenvalue weighted by molar-refractivity contribution is 7.99. The molecule has 3 rings (SSSR count). The minimum atomic E-state index is -1.04. The van der Waals surface area contributed by atoms with Gasteiger partial charge in [0.15, 0.2) is 6.10 Å². The number of amides is 1. The molecule has 0 aromatic heterocycles. The molecule has 0 fully saturated rings. The molecule has 1 aliphatic heterocycles. The second-order valence-electron chi connectivity index (χ2n) is 8.04. The smallest absolute Gasteiger partial charge is 0.338 e. The first-order chi connectivity index (χ1) is 16.2. The standard InChI is InChI=1S/C25H30N2O6S/c1-6-32-25(30)18-9-12-20-21(15-18)34-23(17-7-10-19(31-5)11-8-17)22(33-16(2)28)24(29)27(20)14-13-26(3)4/h7-12,15,22-23H,6,13-14H2,1-5H3. The van der Waals surface area contributed by atoms with Crippen LogP contribution in [-0.2, 0) is 19.1 Å². The Balaban J connectivity index is 2.13. The molecule has 1 heterocycles. The van der Waals surface area contributed by atoms with Gasteiger partial charge in [-0.15, -0.1) is 11.8 Å². The van der Waals surface area contributed by atoms with E-state index in [1.807, 2.05) is 31.1 Å². The van der Waals surface area contributed by atoms with Crippen molar-refractivity contribution in [1.82, 2.24) is 4.90 Å². The van der Waals surface area contributed by atoms with Crippen LogP contribution >= 0.6 is 11.8 Å². The van der Waals surface area contributed by atoms with Crippen LogP contribution in [0.15, 0.2) is 47.4 Å². The number of thioether (sulfide) groups is 1. The van der Waals surface area contributed by atoms with Gasteiger partial charge in [0.2, 0.25) is 0 Å². The van der Waals surface area contributed by atoms with E-state index >= 15 is 0 Å². The van der Waals surface area contributed by atoms with Crippen molar-refractivity contribution in [1.29, 1.82) is 0 Å². The van der Waals surface area contributed by atoms with E-state index in [0.717, 1.165) is 10.5 Å². The highest BCUT2D eigenvalue weighted by Gasteiger charge is 2.41. The number of esters is 2.